The molecule has 0 spiro atoms. The Morgan fingerprint density at radius 2 is 1.84 bits per heavy atom. The van der Waals surface area contributed by atoms with E-state index in [-0.39, 0.29) is 5.91 Å². The average molecular weight is 352 g/mol. The second-order valence-corrected chi connectivity index (χ2v) is 6.18. The average Bonchev–Trinajstić information content (AvgIpc) is 2.64. The lowest BCUT2D eigenvalue weighted by Crippen LogP contribution is -2.26. The van der Waals surface area contributed by atoms with E-state index in [0.717, 1.165) is 22.6 Å². The number of carbonyl (C=O) groups is 1. The van der Waals surface area contributed by atoms with Gasteiger partial charge in [-0.2, -0.15) is 0 Å². The summed E-state index contributed by atoms with van der Waals surface area (Å²) in [5.74, 6) is -0.116. The molecule has 0 aliphatic heterocycles. The molecule has 1 aromatic heterocycles. The number of para-hydroxylation sites is 1. The van der Waals surface area contributed by atoms with Crippen molar-refractivity contribution in [2.45, 2.75) is 6.92 Å². The molecule has 4 nitrogen and oxygen atoms in total. The van der Waals surface area contributed by atoms with Crippen LogP contribution < -0.4 is 10.2 Å². The van der Waals surface area contributed by atoms with E-state index >= 15 is 0 Å². The minimum atomic E-state index is -0.116. The number of carbonyl (C=O) groups excluding carboxylic acids is 1. The van der Waals surface area contributed by atoms with Gasteiger partial charge in [-0.25, -0.2) is 0 Å². The van der Waals surface area contributed by atoms with E-state index in [0.29, 0.717) is 10.6 Å². The third-order valence-electron chi connectivity index (χ3n) is 3.90. The molecule has 1 heterocycles. The molecule has 2 aromatic carbocycles. The number of aryl methyl sites for hydroxylation is 1. The van der Waals surface area contributed by atoms with E-state index in [1.54, 1.807) is 30.4 Å². The van der Waals surface area contributed by atoms with E-state index in [2.05, 4.69) is 10.3 Å². The summed E-state index contributed by atoms with van der Waals surface area (Å²) in [6.07, 6.45) is 3.26. The number of rotatable bonds is 4. The van der Waals surface area contributed by atoms with E-state index in [4.69, 9.17) is 11.6 Å². The first kappa shape index (κ1) is 17.0. The Hall–Kier alpha value is -2.85. The molecule has 25 heavy (non-hydrogen) atoms. The normalized spacial score (nSPS) is 10.4. The Balaban J connectivity index is 1.82. The van der Waals surface area contributed by atoms with Gasteiger partial charge in [-0.15, -0.1) is 0 Å². The number of nitrogens with one attached hydrogen (secondary N) is 1. The van der Waals surface area contributed by atoms with Gasteiger partial charge in [0, 0.05) is 29.6 Å². The first-order chi connectivity index (χ1) is 12.0. The molecule has 0 fully saturated rings. The summed E-state index contributed by atoms with van der Waals surface area (Å²) in [6, 6.07) is 16.9. The van der Waals surface area contributed by atoms with E-state index in [1.165, 1.54) is 0 Å². The Kier molecular flexibility index (Phi) is 5.00. The Bertz CT molecular complexity index is 896. The highest BCUT2D eigenvalue weighted by Gasteiger charge is 2.14. The van der Waals surface area contributed by atoms with Crippen LogP contribution in [0.4, 0.5) is 17.1 Å². The van der Waals surface area contributed by atoms with Gasteiger partial charge in [0.05, 0.1) is 17.4 Å². The number of nitrogens with zero attached hydrogens (tertiary/aromatic N) is 2. The number of hydrogen-bond acceptors (Lipinski definition) is 3. The van der Waals surface area contributed by atoms with Crippen LogP contribution in [0.1, 0.15) is 15.9 Å². The van der Waals surface area contributed by atoms with Gasteiger partial charge in [0.1, 0.15) is 0 Å². The summed E-state index contributed by atoms with van der Waals surface area (Å²) in [4.78, 5) is 18.5. The van der Waals surface area contributed by atoms with Crippen LogP contribution in [0.5, 0.6) is 0 Å². The van der Waals surface area contributed by atoms with Crippen LogP contribution in [0.15, 0.2) is 67.0 Å². The first-order valence-corrected chi connectivity index (χ1v) is 8.24. The fourth-order valence-corrected chi connectivity index (χ4v) is 2.74. The zero-order valence-electron chi connectivity index (χ0n) is 14.0. The molecule has 0 saturated carbocycles. The van der Waals surface area contributed by atoms with Crippen molar-refractivity contribution in [1.29, 1.82) is 0 Å². The number of pyridine rings is 1. The molecule has 1 amide bonds. The van der Waals surface area contributed by atoms with Gasteiger partial charge in [-0.05, 0) is 48.9 Å². The minimum absolute atomic E-state index is 0.116. The van der Waals surface area contributed by atoms with E-state index < -0.39 is 0 Å². The van der Waals surface area contributed by atoms with Crippen LogP contribution in [0.3, 0.4) is 0 Å². The molecular formula is C20H18ClN3O. The second-order valence-electron chi connectivity index (χ2n) is 5.75. The molecule has 0 bridgehead atoms. The van der Waals surface area contributed by atoms with Crippen molar-refractivity contribution in [2.24, 2.45) is 0 Å². The van der Waals surface area contributed by atoms with Crippen molar-refractivity contribution in [3.63, 3.8) is 0 Å². The van der Waals surface area contributed by atoms with Crippen LogP contribution in [-0.2, 0) is 0 Å². The minimum Gasteiger partial charge on any atom is -0.354 e. The number of anilines is 3. The monoisotopic (exact) mass is 351 g/mol. The van der Waals surface area contributed by atoms with E-state index in [9.17, 15) is 4.79 Å². The maximum absolute atomic E-state index is 12.7. The zero-order valence-corrected chi connectivity index (χ0v) is 14.8. The van der Waals surface area contributed by atoms with Crippen molar-refractivity contribution in [1.82, 2.24) is 4.98 Å². The third-order valence-corrected chi connectivity index (χ3v) is 4.14. The van der Waals surface area contributed by atoms with Crippen LogP contribution >= 0.6 is 11.6 Å². The second kappa shape index (κ2) is 7.36. The van der Waals surface area contributed by atoms with Crippen molar-refractivity contribution in [2.75, 3.05) is 17.3 Å². The van der Waals surface area contributed by atoms with Gasteiger partial charge < -0.3 is 10.2 Å². The Morgan fingerprint density at radius 3 is 2.56 bits per heavy atom. The molecule has 126 valence electrons. The van der Waals surface area contributed by atoms with Gasteiger partial charge >= 0.3 is 0 Å². The van der Waals surface area contributed by atoms with Crippen LogP contribution in [-0.4, -0.2) is 17.9 Å². The molecule has 0 unspecified atom stereocenters. The fraction of sp³-hybridized carbons (Fsp3) is 0.100. The number of aromatic nitrogens is 1. The molecule has 0 atom stereocenters. The predicted molar refractivity (Wildman–Crippen MR) is 103 cm³/mol. The highest BCUT2D eigenvalue weighted by Crippen LogP contribution is 2.24. The largest absolute Gasteiger partial charge is 0.354 e. The molecular weight excluding hydrogens is 334 g/mol. The van der Waals surface area contributed by atoms with Gasteiger partial charge in [-0.3, -0.25) is 9.78 Å². The van der Waals surface area contributed by atoms with Gasteiger partial charge in [0.2, 0.25) is 0 Å². The van der Waals surface area contributed by atoms with Crippen molar-refractivity contribution in [3.05, 3.63) is 83.1 Å². The molecule has 0 aliphatic carbocycles. The molecule has 0 radical (unpaired) electrons. The molecule has 0 saturated heterocycles. The van der Waals surface area contributed by atoms with E-state index in [1.807, 2.05) is 55.5 Å². The summed E-state index contributed by atoms with van der Waals surface area (Å²) < 4.78 is 0. The Morgan fingerprint density at radius 1 is 1.08 bits per heavy atom. The number of amides is 1. The topological polar surface area (TPSA) is 45.2 Å². The summed E-state index contributed by atoms with van der Waals surface area (Å²) in [6.45, 7) is 1.97. The molecule has 1 N–H and O–H groups in total. The quantitative estimate of drug-likeness (QED) is 0.714. The highest BCUT2D eigenvalue weighted by atomic mass is 35.5. The smallest absolute Gasteiger partial charge is 0.259 e. The maximum Gasteiger partial charge on any atom is 0.259 e. The highest BCUT2D eigenvalue weighted by molar-refractivity contribution is 6.30. The third kappa shape index (κ3) is 3.98. The Labute approximate surface area is 152 Å². The molecule has 5 heteroatoms. The fourth-order valence-electron chi connectivity index (χ4n) is 2.51. The standard InChI is InChI=1S/C20H18ClN3O/c1-14-10-16(21)8-9-19(14)23-17-11-15(12-22-13-17)20(25)24(2)18-6-4-3-5-7-18/h3-13,23H,1-2H3. The maximum atomic E-state index is 12.7. The lowest BCUT2D eigenvalue weighted by molar-refractivity contribution is 0.0992. The summed E-state index contributed by atoms with van der Waals surface area (Å²) in [5, 5.41) is 3.97. The molecule has 3 rings (SSSR count). The summed E-state index contributed by atoms with van der Waals surface area (Å²) in [5.41, 5.74) is 4.04. The van der Waals surface area contributed by atoms with Gasteiger partial charge in [0.25, 0.3) is 5.91 Å². The molecule has 3 aromatic rings. The van der Waals surface area contributed by atoms with Gasteiger partial charge in [-0.1, -0.05) is 29.8 Å². The lowest BCUT2D eigenvalue weighted by atomic mass is 10.2. The van der Waals surface area contributed by atoms with Crippen molar-refractivity contribution in [3.8, 4) is 0 Å². The molecule has 0 aliphatic rings. The number of halogens is 1. The van der Waals surface area contributed by atoms with Crippen LogP contribution in [0.2, 0.25) is 5.02 Å². The summed E-state index contributed by atoms with van der Waals surface area (Å²) in [7, 11) is 1.75. The predicted octanol–water partition coefficient (Wildman–Crippen LogP) is 5.06. The number of hydrogen-bond donors (Lipinski definition) is 1. The van der Waals surface area contributed by atoms with Crippen LogP contribution in [0, 0.1) is 6.92 Å². The van der Waals surface area contributed by atoms with Gasteiger partial charge in [0.15, 0.2) is 0 Å². The number of benzene rings is 2. The SMILES string of the molecule is Cc1cc(Cl)ccc1Nc1cncc(C(=O)N(C)c2ccccc2)c1. The van der Waals surface area contributed by atoms with Crippen LogP contribution in [0.25, 0.3) is 0 Å². The summed E-state index contributed by atoms with van der Waals surface area (Å²) >= 11 is 5.99. The lowest BCUT2D eigenvalue weighted by Gasteiger charge is -2.17. The van der Waals surface area contributed by atoms with Crippen molar-refractivity contribution >= 4 is 34.6 Å². The first-order valence-electron chi connectivity index (χ1n) is 7.86. The zero-order chi connectivity index (χ0) is 17.8. The van der Waals surface area contributed by atoms with Crippen molar-refractivity contribution < 1.29 is 4.79 Å².